The fourth-order valence-electron chi connectivity index (χ4n) is 3.18. The summed E-state index contributed by atoms with van der Waals surface area (Å²) in [4.78, 5) is 0. The maximum atomic E-state index is 3.76. The minimum absolute atomic E-state index is 0.394. The van der Waals surface area contributed by atoms with Gasteiger partial charge < -0.3 is 5.32 Å². The molecule has 112 valence electrons. The summed E-state index contributed by atoms with van der Waals surface area (Å²) in [5.41, 5.74) is 4.60. The zero-order chi connectivity index (χ0) is 14.6. The predicted molar refractivity (Wildman–Crippen MR) is 91.7 cm³/mol. The lowest BCUT2D eigenvalue weighted by Gasteiger charge is -2.31. The number of thioether (sulfide) groups is 1. The fourth-order valence-corrected chi connectivity index (χ4v) is 3.98. The Balaban J connectivity index is 1.99. The van der Waals surface area contributed by atoms with Crippen molar-refractivity contribution < 1.29 is 0 Å². The van der Waals surface area contributed by atoms with Crippen LogP contribution in [0.2, 0.25) is 0 Å². The third kappa shape index (κ3) is 3.40. The number of nitrogens with one attached hydrogen (secondary N) is 1. The highest BCUT2D eigenvalue weighted by Gasteiger charge is 2.25. The van der Waals surface area contributed by atoms with Gasteiger partial charge in [0.05, 0.1) is 0 Å². The first-order valence-electron chi connectivity index (χ1n) is 8.04. The first kappa shape index (κ1) is 15.9. The lowest BCUT2D eigenvalue weighted by atomic mass is 9.99. The van der Waals surface area contributed by atoms with E-state index >= 15 is 0 Å². The second-order valence-electron chi connectivity index (χ2n) is 6.08. The summed E-state index contributed by atoms with van der Waals surface area (Å²) in [6.45, 7) is 8.01. The van der Waals surface area contributed by atoms with Gasteiger partial charge in [0, 0.05) is 17.3 Å². The number of rotatable bonds is 7. The van der Waals surface area contributed by atoms with Gasteiger partial charge in [-0.05, 0) is 62.0 Å². The Morgan fingerprint density at radius 3 is 2.55 bits per heavy atom. The molecule has 0 amide bonds. The van der Waals surface area contributed by atoms with Crippen LogP contribution in [0.1, 0.15) is 62.8 Å². The maximum Gasteiger partial charge on any atom is 0.0292 e. The van der Waals surface area contributed by atoms with Crippen LogP contribution in [0.25, 0.3) is 0 Å². The van der Waals surface area contributed by atoms with E-state index in [2.05, 4.69) is 50.5 Å². The normalized spacial score (nSPS) is 16.2. The Labute approximate surface area is 128 Å². The third-order valence-corrected chi connectivity index (χ3v) is 6.66. The molecule has 1 nitrogen and oxygen atoms in total. The van der Waals surface area contributed by atoms with Crippen molar-refractivity contribution in [3.05, 3.63) is 34.9 Å². The van der Waals surface area contributed by atoms with Gasteiger partial charge in [0.15, 0.2) is 0 Å². The van der Waals surface area contributed by atoms with Gasteiger partial charge in [-0.1, -0.05) is 32.0 Å². The van der Waals surface area contributed by atoms with Gasteiger partial charge in [0.1, 0.15) is 0 Å². The topological polar surface area (TPSA) is 12.0 Å². The Kier molecular flexibility index (Phi) is 5.57. The monoisotopic (exact) mass is 291 g/mol. The molecule has 0 spiro atoms. The summed E-state index contributed by atoms with van der Waals surface area (Å²) < 4.78 is 0.394. The van der Waals surface area contributed by atoms with Crippen molar-refractivity contribution in [2.75, 3.05) is 12.8 Å². The molecule has 1 aliphatic rings. The van der Waals surface area contributed by atoms with E-state index in [4.69, 9.17) is 0 Å². The molecule has 1 aromatic rings. The molecule has 1 aromatic carbocycles. The van der Waals surface area contributed by atoms with Crippen LogP contribution < -0.4 is 5.32 Å². The van der Waals surface area contributed by atoms with Crippen molar-refractivity contribution in [2.45, 2.75) is 63.7 Å². The maximum absolute atomic E-state index is 3.76. The van der Waals surface area contributed by atoms with E-state index in [1.54, 1.807) is 11.1 Å². The molecule has 0 fully saturated rings. The van der Waals surface area contributed by atoms with Crippen molar-refractivity contribution >= 4 is 11.8 Å². The highest BCUT2D eigenvalue weighted by atomic mass is 32.2. The number of hydrogen-bond acceptors (Lipinski definition) is 2. The minimum atomic E-state index is 0.394. The number of aryl methyl sites for hydroxylation is 2. The molecule has 1 N–H and O–H groups in total. The Hall–Kier alpha value is -0.470. The molecule has 0 aliphatic heterocycles. The minimum Gasteiger partial charge on any atom is -0.309 e. The lowest BCUT2D eigenvalue weighted by molar-refractivity contribution is 0.459. The standard InChI is InChI=1S/C18H29NS/c1-5-18(6-2,20-4)13-19-14(3)16-11-10-15-8-7-9-17(15)12-16/h10-12,14,19H,5-9,13H2,1-4H3. The molecule has 2 heteroatoms. The highest BCUT2D eigenvalue weighted by Crippen LogP contribution is 2.31. The van der Waals surface area contributed by atoms with Crippen molar-refractivity contribution in [1.29, 1.82) is 0 Å². The molecule has 20 heavy (non-hydrogen) atoms. The SMILES string of the molecule is CCC(CC)(CNC(C)c1ccc2c(c1)CCC2)SC. The van der Waals surface area contributed by atoms with Gasteiger partial charge in [0.2, 0.25) is 0 Å². The van der Waals surface area contributed by atoms with E-state index in [9.17, 15) is 0 Å². The van der Waals surface area contributed by atoms with Crippen molar-refractivity contribution in [3.63, 3.8) is 0 Å². The fraction of sp³-hybridized carbons (Fsp3) is 0.667. The molecule has 0 saturated heterocycles. The van der Waals surface area contributed by atoms with Gasteiger partial charge in [0.25, 0.3) is 0 Å². The molecule has 1 unspecified atom stereocenters. The zero-order valence-electron chi connectivity index (χ0n) is 13.5. The summed E-state index contributed by atoms with van der Waals surface area (Å²) >= 11 is 2.01. The number of benzene rings is 1. The van der Waals surface area contributed by atoms with Crippen LogP contribution in [-0.4, -0.2) is 17.5 Å². The quantitative estimate of drug-likeness (QED) is 0.778. The highest BCUT2D eigenvalue weighted by molar-refractivity contribution is 8.00. The van der Waals surface area contributed by atoms with E-state index in [0.29, 0.717) is 10.8 Å². The summed E-state index contributed by atoms with van der Waals surface area (Å²) in [5, 5.41) is 3.76. The summed E-state index contributed by atoms with van der Waals surface area (Å²) in [7, 11) is 0. The second-order valence-corrected chi connectivity index (χ2v) is 7.35. The molecular formula is C18H29NS. The average Bonchev–Trinajstić information content (AvgIpc) is 2.96. The smallest absolute Gasteiger partial charge is 0.0292 e. The second kappa shape index (κ2) is 7.00. The summed E-state index contributed by atoms with van der Waals surface area (Å²) in [6, 6.07) is 7.54. The third-order valence-electron chi connectivity index (χ3n) is 5.07. The lowest BCUT2D eigenvalue weighted by Crippen LogP contribution is -2.37. The van der Waals surface area contributed by atoms with Crippen molar-refractivity contribution in [2.24, 2.45) is 0 Å². The Morgan fingerprint density at radius 2 is 1.90 bits per heavy atom. The van der Waals surface area contributed by atoms with E-state index < -0.39 is 0 Å². The predicted octanol–water partition coefficient (Wildman–Crippen LogP) is 4.75. The number of hydrogen-bond donors (Lipinski definition) is 1. The number of fused-ring (bicyclic) bond motifs is 1. The van der Waals surface area contributed by atoms with Crippen LogP contribution >= 0.6 is 11.8 Å². The Morgan fingerprint density at radius 1 is 1.20 bits per heavy atom. The average molecular weight is 292 g/mol. The summed E-state index contributed by atoms with van der Waals surface area (Å²) in [5.74, 6) is 0. The van der Waals surface area contributed by atoms with Crippen LogP contribution in [0.4, 0.5) is 0 Å². The van der Waals surface area contributed by atoms with Gasteiger partial charge in [-0.25, -0.2) is 0 Å². The zero-order valence-corrected chi connectivity index (χ0v) is 14.3. The molecule has 0 saturated carbocycles. The van der Waals surface area contributed by atoms with Gasteiger partial charge >= 0.3 is 0 Å². The first-order chi connectivity index (χ1) is 9.64. The van der Waals surface area contributed by atoms with Crippen LogP contribution in [0, 0.1) is 0 Å². The van der Waals surface area contributed by atoms with Gasteiger partial charge in [-0.15, -0.1) is 0 Å². The Bertz CT molecular complexity index is 429. The van der Waals surface area contributed by atoms with Gasteiger partial charge in [-0.2, -0.15) is 11.8 Å². The molecule has 0 radical (unpaired) electrons. The van der Waals surface area contributed by atoms with E-state index in [0.717, 1.165) is 6.54 Å². The van der Waals surface area contributed by atoms with E-state index in [1.807, 2.05) is 11.8 Å². The van der Waals surface area contributed by atoms with Crippen molar-refractivity contribution in [3.8, 4) is 0 Å². The molecule has 2 rings (SSSR count). The van der Waals surface area contributed by atoms with Crippen molar-refractivity contribution in [1.82, 2.24) is 5.32 Å². The first-order valence-corrected chi connectivity index (χ1v) is 9.27. The largest absolute Gasteiger partial charge is 0.309 e. The molecule has 0 heterocycles. The van der Waals surface area contributed by atoms with E-state index in [1.165, 1.54) is 37.7 Å². The van der Waals surface area contributed by atoms with Gasteiger partial charge in [-0.3, -0.25) is 0 Å². The van der Waals surface area contributed by atoms with Crippen LogP contribution in [0.15, 0.2) is 18.2 Å². The van der Waals surface area contributed by atoms with E-state index in [-0.39, 0.29) is 0 Å². The molecule has 0 bridgehead atoms. The molecule has 1 atom stereocenters. The van der Waals surface area contributed by atoms with Crippen LogP contribution in [0.5, 0.6) is 0 Å². The molecule has 0 aromatic heterocycles. The molecule has 1 aliphatic carbocycles. The molecular weight excluding hydrogens is 262 g/mol. The van der Waals surface area contributed by atoms with Crippen LogP contribution in [0.3, 0.4) is 0 Å². The van der Waals surface area contributed by atoms with Crippen LogP contribution in [-0.2, 0) is 12.8 Å². The summed E-state index contributed by atoms with van der Waals surface area (Å²) in [6.07, 6.45) is 8.59.